The summed E-state index contributed by atoms with van der Waals surface area (Å²) < 4.78 is 12.6. The second-order valence-corrected chi connectivity index (χ2v) is 6.71. The van der Waals surface area contributed by atoms with Crippen LogP contribution in [0.2, 0.25) is 0 Å². The molecule has 126 valence electrons. The molecule has 0 aliphatic carbocycles. The number of imidazole rings is 1. The lowest BCUT2D eigenvalue weighted by atomic mass is 10.1. The van der Waals surface area contributed by atoms with Crippen molar-refractivity contribution in [3.05, 3.63) is 48.4 Å². The van der Waals surface area contributed by atoms with Crippen molar-refractivity contribution < 1.29 is 9.26 Å². The van der Waals surface area contributed by atoms with Gasteiger partial charge < -0.3 is 9.26 Å². The third-order valence-corrected chi connectivity index (χ3v) is 4.32. The highest BCUT2D eigenvalue weighted by Gasteiger charge is 2.11. The molecule has 2 aromatic heterocycles. The van der Waals surface area contributed by atoms with E-state index in [1.54, 1.807) is 25.1 Å². The topological polar surface area (TPSA) is 66.0 Å². The second-order valence-electron chi connectivity index (χ2n) is 5.77. The summed E-state index contributed by atoms with van der Waals surface area (Å²) in [5, 5.41) is 4.88. The largest absolute Gasteiger partial charge is 0.497 e. The average molecular weight is 344 g/mol. The van der Waals surface area contributed by atoms with Crippen molar-refractivity contribution in [2.24, 2.45) is 5.92 Å². The van der Waals surface area contributed by atoms with Gasteiger partial charge in [-0.15, -0.1) is 0 Å². The van der Waals surface area contributed by atoms with E-state index in [0.717, 1.165) is 28.8 Å². The van der Waals surface area contributed by atoms with E-state index in [1.807, 2.05) is 35.0 Å². The summed E-state index contributed by atoms with van der Waals surface area (Å²) in [6, 6.07) is 7.86. The molecule has 0 N–H and O–H groups in total. The summed E-state index contributed by atoms with van der Waals surface area (Å²) in [6.07, 6.45) is 4.53. The van der Waals surface area contributed by atoms with Gasteiger partial charge in [-0.2, -0.15) is 4.98 Å². The zero-order valence-corrected chi connectivity index (χ0v) is 14.8. The van der Waals surface area contributed by atoms with Crippen LogP contribution < -0.4 is 4.74 Å². The van der Waals surface area contributed by atoms with Gasteiger partial charge in [-0.25, -0.2) is 4.98 Å². The van der Waals surface area contributed by atoms with Crippen LogP contribution in [-0.2, 0) is 12.2 Å². The molecule has 1 aromatic carbocycles. The molecule has 2 heterocycles. The van der Waals surface area contributed by atoms with E-state index in [9.17, 15) is 0 Å². The molecule has 0 aliphatic heterocycles. The van der Waals surface area contributed by atoms with Gasteiger partial charge in [0.05, 0.1) is 18.6 Å². The smallest absolute Gasteiger partial charge is 0.237 e. The molecule has 0 spiro atoms. The van der Waals surface area contributed by atoms with Crippen molar-refractivity contribution >= 4 is 11.8 Å². The molecule has 0 unspecified atom stereocenters. The first kappa shape index (κ1) is 16.6. The Bertz CT molecular complexity index is 797. The lowest BCUT2D eigenvalue weighted by molar-refractivity contribution is 0.382. The maximum absolute atomic E-state index is 5.31. The summed E-state index contributed by atoms with van der Waals surface area (Å²) in [7, 11) is 1.66. The van der Waals surface area contributed by atoms with Crippen molar-refractivity contribution in [1.29, 1.82) is 0 Å². The molecule has 0 atom stereocenters. The number of hydrogen-bond donors (Lipinski definition) is 0. The predicted octanol–water partition coefficient (Wildman–Crippen LogP) is 3.75. The Labute approximate surface area is 145 Å². The molecule has 0 fully saturated rings. The van der Waals surface area contributed by atoms with E-state index in [4.69, 9.17) is 9.26 Å². The molecule has 0 bridgehead atoms. The maximum atomic E-state index is 5.31. The molecule has 0 radical (unpaired) electrons. The molecule has 0 aliphatic rings. The van der Waals surface area contributed by atoms with E-state index < -0.39 is 0 Å². The molecule has 6 nitrogen and oxygen atoms in total. The van der Waals surface area contributed by atoms with E-state index in [0.29, 0.717) is 17.6 Å². The fourth-order valence-electron chi connectivity index (χ4n) is 2.28. The Morgan fingerprint density at radius 2 is 2.21 bits per heavy atom. The summed E-state index contributed by atoms with van der Waals surface area (Å²) in [5.74, 6) is 3.29. The molecule has 0 amide bonds. The Hall–Kier alpha value is -2.28. The first-order valence-electron chi connectivity index (χ1n) is 7.77. The van der Waals surface area contributed by atoms with Gasteiger partial charge in [0, 0.05) is 24.9 Å². The van der Waals surface area contributed by atoms with Crippen molar-refractivity contribution in [3.8, 4) is 11.4 Å². The number of hydrogen-bond acceptors (Lipinski definition) is 6. The first-order valence-corrected chi connectivity index (χ1v) is 8.76. The fraction of sp³-hybridized carbons (Fsp3) is 0.353. The van der Waals surface area contributed by atoms with Gasteiger partial charge in [-0.05, 0) is 18.1 Å². The third kappa shape index (κ3) is 3.97. The SMILES string of the molecule is COc1cccc(-n2ccnc2SCc2nc(CC(C)C)no2)c1. The number of nitrogens with zero attached hydrogens (tertiary/aromatic N) is 4. The van der Waals surface area contributed by atoms with Crippen LogP contribution in [0.25, 0.3) is 5.69 Å². The minimum absolute atomic E-state index is 0.509. The predicted molar refractivity (Wildman–Crippen MR) is 92.5 cm³/mol. The second kappa shape index (κ2) is 7.53. The fourth-order valence-corrected chi connectivity index (χ4v) is 3.09. The maximum Gasteiger partial charge on any atom is 0.237 e. The number of benzene rings is 1. The van der Waals surface area contributed by atoms with Gasteiger partial charge in [0.15, 0.2) is 11.0 Å². The van der Waals surface area contributed by atoms with Crippen LogP contribution >= 0.6 is 11.8 Å². The van der Waals surface area contributed by atoms with E-state index >= 15 is 0 Å². The van der Waals surface area contributed by atoms with E-state index in [-0.39, 0.29) is 0 Å². The number of rotatable bonds is 7. The summed E-state index contributed by atoms with van der Waals surface area (Å²) in [5.41, 5.74) is 1.00. The lowest BCUT2D eigenvalue weighted by Crippen LogP contribution is -1.97. The molecule has 0 saturated carbocycles. The standard InChI is InChI=1S/C17H20N4O2S/c1-12(2)9-15-19-16(23-20-15)11-24-17-18-7-8-21(17)13-5-4-6-14(10-13)22-3/h4-8,10,12H,9,11H2,1-3H3. The van der Waals surface area contributed by atoms with Crippen molar-refractivity contribution in [1.82, 2.24) is 19.7 Å². The molecule has 0 saturated heterocycles. The number of ether oxygens (including phenoxy) is 1. The lowest BCUT2D eigenvalue weighted by Gasteiger charge is -2.08. The summed E-state index contributed by atoms with van der Waals surface area (Å²) >= 11 is 1.56. The number of aromatic nitrogens is 4. The Kier molecular flexibility index (Phi) is 5.20. The van der Waals surface area contributed by atoms with E-state index in [1.165, 1.54) is 0 Å². The normalized spacial score (nSPS) is 11.2. The summed E-state index contributed by atoms with van der Waals surface area (Å²) in [6.45, 7) is 4.27. The number of methoxy groups -OCH3 is 1. The van der Waals surface area contributed by atoms with Gasteiger partial charge in [0.1, 0.15) is 5.75 Å². The molecule has 7 heteroatoms. The molecular formula is C17H20N4O2S. The zero-order chi connectivity index (χ0) is 16.9. The minimum atomic E-state index is 0.509. The quantitative estimate of drug-likeness (QED) is 0.608. The zero-order valence-electron chi connectivity index (χ0n) is 14.0. The minimum Gasteiger partial charge on any atom is -0.497 e. The monoisotopic (exact) mass is 344 g/mol. The summed E-state index contributed by atoms with van der Waals surface area (Å²) in [4.78, 5) is 8.84. The van der Waals surface area contributed by atoms with Crippen LogP contribution in [-0.4, -0.2) is 26.8 Å². The highest BCUT2D eigenvalue weighted by atomic mass is 32.2. The molecular weight excluding hydrogens is 324 g/mol. The van der Waals surface area contributed by atoms with Gasteiger partial charge in [0.2, 0.25) is 5.89 Å². The number of thioether (sulfide) groups is 1. The van der Waals surface area contributed by atoms with Crippen LogP contribution in [0, 0.1) is 5.92 Å². The van der Waals surface area contributed by atoms with Crippen molar-refractivity contribution in [3.63, 3.8) is 0 Å². The first-order chi connectivity index (χ1) is 11.7. The Balaban J connectivity index is 1.70. The van der Waals surface area contributed by atoms with Gasteiger partial charge in [0.25, 0.3) is 0 Å². The Morgan fingerprint density at radius 3 is 3.00 bits per heavy atom. The van der Waals surface area contributed by atoms with Gasteiger partial charge >= 0.3 is 0 Å². The van der Waals surface area contributed by atoms with Crippen molar-refractivity contribution in [2.45, 2.75) is 31.2 Å². The molecule has 3 rings (SSSR count). The highest BCUT2D eigenvalue weighted by molar-refractivity contribution is 7.98. The third-order valence-electron chi connectivity index (χ3n) is 3.36. The van der Waals surface area contributed by atoms with Crippen LogP contribution in [0.5, 0.6) is 5.75 Å². The van der Waals surface area contributed by atoms with E-state index in [2.05, 4.69) is 29.0 Å². The van der Waals surface area contributed by atoms with Crippen LogP contribution in [0.4, 0.5) is 0 Å². The van der Waals surface area contributed by atoms with Crippen LogP contribution in [0.3, 0.4) is 0 Å². The average Bonchev–Trinajstić information content (AvgIpc) is 3.21. The molecule has 24 heavy (non-hydrogen) atoms. The molecule has 3 aromatic rings. The highest BCUT2D eigenvalue weighted by Crippen LogP contribution is 2.25. The van der Waals surface area contributed by atoms with Crippen molar-refractivity contribution in [2.75, 3.05) is 7.11 Å². The van der Waals surface area contributed by atoms with Crippen LogP contribution in [0.1, 0.15) is 25.6 Å². The van der Waals surface area contributed by atoms with Crippen LogP contribution in [0.15, 0.2) is 46.3 Å². The van der Waals surface area contributed by atoms with Gasteiger partial charge in [-0.1, -0.05) is 36.8 Å². The van der Waals surface area contributed by atoms with Gasteiger partial charge in [-0.3, -0.25) is 4.57 Å². The Morgan fingerprint density at radius 1 is 1.33 bits per heavy atom.